The Hall–Kier alpha value is 0.298. The summed E-state index contributed by atoms with van der Waals surface area (Å²) in [6.45, 7) is 28.4. The summed E-state index contributed by atoms with van der Waals surface area (Å²) in [4.78, 5) is 0. The predicted molar refractivity (Wildman–Crippen MR) is 153 cm³/mol. The van der Waals surface area contributed by atoms with E-state index in [1.165, 1.54) is 0 Å². The van der Waals surface area contributed by atoms with Crippen LogP contribution in [0.1, 0.15) is 95.9 Å². The minimum Gasteiger partial charge on any atom is -0.694 e. The fourth-order valence-corrected chi connectivity index (χ4v) is 18.0. The van der Waals surface area contributed by atoms with E-state index in [4.69, 9.17) is 15.3 Å². The van der Waals surface area contributed by atoms with Crippen LogP contribution in [0.2, 0.25) is 33.2 Å². The summed E-state index contributed by atoms with van der Waals surface area (Å²) in [5.41, 5.74) is -4.73. The van der Waals surface area contributed by atoms with Crippen LogP contribution in [-0.4, -0.2) is 42.8 Å². The van der Waals surface area contributed by atoms with E-state index in [1.807, 2.05) is 41.5 Å². The van der Waals surface area contributed by atoms with Crippen molar-refractivity contribution >= 4 is 26.8 Å². The van der Waals surface area contributed by atoms with Gasteiger partial charge in [0.2, 0.25) is 16.6 Å². The Bertz CT molecular complexity index is 870. The Morgan fingerprint density at radius 2 is 1.13 bits per heavy atom. The van der Waals surface area contributed by atoms with Crippen molar-refractivity contribution in [3.05, 3.63) is 18.8 Å². The number of hydrogen-bond donors (Lipinski definition) is 0. The molecule has 0 heterocycles. The van der Waals surface area contributed by atoms with Gasteiger partial charge in [0.15, 0.2) is 0 Å². The molecule has 227 valence electrons. The molecule has 5 nitrogen and oxygen atoms in total. The van der Waals surface area contributed by atoms with Crippen molar-refractivity contribution in [1.29, 1.82) is 0 Å². The zero-order valence-electron chi connectivity index (χ0n) is 25.9. The summed E-state index contributed by atoms with van der Waals surface area (Å²) < 4.78 is 81.6. The van der Waals surface area contributed by atoms with Gasteiger partial charge in [-0.05, 0) is 39.7 Å². The molecule has 0 aliphatic rings. The van der Waals surface area contributed by atoms with E-state index in [0.717, 1.165) is 0 Å². The third-order valence-electron chi connectivity index (χ3n) is 7.80. The summed E-state index contributed by atoms with van der Waals surface area (Å²) >= 11 is 0. The van der Waals surface area contributed by atoms with Crippen molar-refractivity contribution in [2.24, 2.45) is 0 Å². The third-order valence-corrected chi connectivity index (χ3v) is 21.1. The molecule has 0 saturated carbocycles. The van der Waals surface area contributed by atoms with Gasteiger partial charge in [-0.15, -0.1) is 0 Å². The molecule has 0 amide bonds. The summed E-state index contributed by atoms with van der Waals surface area (Å²) in [5.74, 6) is 1.77. The quantitative estimate of drug-likeness (QED) is 0.0405. The zero-order valence-corrected chi connectivity index (χ0v) is 31.6. The first kappa shape index (κ1) is 41.4. The van der Waals surface area contributed by atoms with E-state index < -0.39 is 50.2 Å². The van der Waals surface area contributed by atoms with Crippen LogP contribution in [0.4, 0.5) is 13.2 Å². The van der Waals surface area contributed by atoms with Gasteiger partial charge >= 0.3 is 15.6 Å². The number of hydrogen-bond acceptors (Lipinski definition) is 5. The van der Waals surface area contributed by atoms with E-state index in [9.17, 15) is 21.6 Å². The molecule has 0 saturated heterocycles. The Morgan fingerprint density at radius 1 is 0.795 bits per heavy atom. The number of alkyl halides is 3. The van der Waals surface area contributed by atoms with Crippen LogP contribution in [0, 0.1) is 12.3 Å². The summed E-state index contributed by atoms with van der Waals surface area (Å²) in [7, 11) is -11.1. The number of halogens is 3. The number of rotatable bonds is 16. The van der Waals surface area contributed by atoms with Crippen LogP contribution in [-0.2, 0) is 55.9 Å². The van der Waals surface area contributed by atoms with Gasteiger partial charge < -0.3 is 25.4 Å². The normalized spacial score (nSPS) is 15.2. The first-order valence-electron chi connectivity index (χ1n) is 13.5. The largest absolute Gasteiger partial charge is 0.694 e. The maximum absolute atomic E-state index is 13.2. The second kappa shape index (κ2) is 16.2. The molecule has 0 aliphatic heterocycles. The Kier molecular flexibility index (Phi) is 17.2. The van der Waals surface area contributed by atoms with Crippen molar-refractivity contribution in [2.75, 3.05) is 0 Å². The van der Waals surface area contributed by atoms with Gasteiger partial charge in [0.25, 0.3) is 0 Å². The van der Waals surface area contributed by atoms with Crippen molar-refractivity contribution in [2.45, 2.75) is 147 Å². The van der Waals surface area contributed by atoms with Crippen LogP contribution >= 0.6 is 0 Å². The molecule has 0 aliphatic carbocycles. The van der Waals surface area contributed by atoms with Gasteiger partial charge in [-0.1, -0.05) is 89.7 Å². The average molecular weight is 689 g/mol. The van der Waals surface area contributed by atoms with Gasteiger partial charge in [-0.2, -0.15) is 21.6 Å². The van der Waals surface area contributed by atoms with E-state index >= 15 is 0 Å². The molecule has 12 heteroatoms. The molecule has 2 atom stereocenters. The maximum atomic E-state index is 13.2. The molecule has 0 rings (SSSR count). The van der Waals surface area contributed by atoms with Gasteiger partial charge in [-0.25, -0.2) is 0 Å². The SMILES string of the molecule is [C-]#CC[C@H](C[C@H](O[Si](C(C)C)(C(C)C)C(C)C)C(=C)OS(=O)(=O)C(F)(F)F)O[Si](C(C)C)(C(C)C)C(C)C.[Y]. The Labute approximate surface area is 264 Å². The molecule has 0 fully saturated rings. The Balaban J connectivity index is 0. The topological polar surface area (TPSA) is 61.8 Å². The van der Waals surface area contributed by atoms with E-state index in [2.05, 4.69) is 58.2 Å². The fraction of sp³-hybridized carbons (Fsp3) is 0.852. The summed E-state index contributed by atoms with van der Waals surface area (Å²) in [6.07, 6.45) is 5.95. The minimum absolute atomic E-state index is 0. The Morgan fingerprint density at radius 3 is 1.41 bits per heavy atom. The third kappa shape index (κ3) is 9.93. The molecule has 0 aromatic rings. The molecule has 0 N–H and O–H groups in total. The molecule has 1 radical (unpaired) electrons. The van der Waals surface area contributed by atoms with Gasteiger partial charge in [-0.3, -0.25) is 0 Å². The molecule has 0 aromatic carbocycles. The monoisotopic (exact) mass is 688 g/mol. The van der Waals surface area contributed by atoms with Gasteiger partial charge in [0.05, 0.1) is 6.10 Å². The van der Waals surface area contributed by atoms with Crippen LogP contribution in [0.5, 0.6) is 0 Å². The van der Waals surface area contributed by atoms with Crippen LogP contribution < -0.4 is 0 Å². The molecule has 0 unspecified atom stereocenters. The first-order valence-corrected chi connectivity index (χ1v) is 19.2. The maximum Gasteiger partial charge on any atom is 0.534 e. The molecule has 0 bridgehead atoms. The van der Waals surface area contributed by atoms with Crippen molar-refractivity contribution in [1.82, 2.24) is 0 Å². The minimum atomic E-state index is -5.93. The second-order valence-corrected chi connectivity index (χ2v) is 24.4. The molecule has 0 spiro atoms. The molecular formula is C27H50F3O5SSi2Y-. The van der Waals surface area contributed by atoms with E-state index in [-0.39, 0.29) is 78.8 Å². The van der Waals surface area contributed by atoms with Crippen molar-refractivity contribution in [3.63, 3.8) is 0 Å². The van der Waals surface area contributed by atoms with E-state index in [0.29, 0.717) is 0 Å². The van der Waals surface area contributed by atoms with Gasteiger partial charge in [0, 0.05) is 39.1 Å². The van der Waals surface area contributed by atoms with Crippen molar-refractivity contribution < 1.29 is 67.3 Å². The standard InChI is InChI=1S/C27H50F3O5SSi2.Y/c1-15-16-25(34-37(18(2)3,19(4)5)20(6)7)17-26(24(14)33-36(31,32)27(28,29)30)35-38(21(8)9,22(10)11)23(12)13;/h18-23,25-26H,14,16-17H2,2-13H3;/q-1;/t25-,26+;/m1./s1. The average Bonchev–Trinajstić information content (AvgIpc) is 2.71. The van der Waals surface area contributed by atoms with Crippen LogP contribution in [0.15, 0.2) is 12.3 Å². The van der Waals surface area contributed by atoms with E-state index in [1.54, 1.807) is 0 Å². The summed E-state index contributed by atoms with van der Waals surface area (Å²) in [5, 5.41) is 0. The van der Waals surface area contributed by atoms with Crippen molar-refractivity contribution in [3.8, 4) is 5.92 Å². The fourth-order valence-electron chi connectivity index (χ4n) is 6.36. The van der Waals surface area contributed by atoms with Crippen LogP contribution in [0.25, 0.3) is 0 Å². The zero-order chi connectivity index (χ0) is 30.4. The van der Waals surface area contributed by atoms with Crippen LogP contribution in [0.3, 0.4) is 0 Å². The smallest absolute Gasteiger partial charge is 0.534 e. The molecule has 39 heavy (non-hydrogen) atoms. The molecule has 0 aromatic heterocycles. The predicted octanol–water partition coefficient (Wildman–Crippen LogP) is 8.86. The first-order chi connectivity index (χ1) is 17.0. The molecular weight excluding hydrogens is 638 g/mol. The summed E-state index contributed by atoms with van der Waals surface area (Å²) in [6, 6.07) is 0. The van der Waals surface area contributed by atoms with Gasteiger partial charge in [0.1, 0.15) is 11.9 Å². The second-order valence-electron chi connectivity index (χ2n) is 12.0.